The van der Waals surface area contributed by atoms with Crippen LogP contribution in [-0.4, -0.2) is 35.4 Å². The van der Waals surface area contributed by atoms with E-state index in [1.807, 2.05) is 39.8 Å². The summed E-state index contributed by atoms with van der Waals surface area (Å²) < 4.78 is 19.9. The number of carbonyl (C=O) groups excluding carboxylic acids is 2. The molecule has 0 bridgehead atoms. The summed E-state index contributed by atoms with van der Waals surface area (Å²) in [5.74, 6) is -0.502. The van der Waals surface area contributed by atoms with Crippen LogP contribution >= 0.6 is 0 Å². The molecular formula is C24H31FN2O3. The number of hydrogen-bond acceptors (Lipinski definition) is 3. The first-order valence-corrected chi connectivity index (χ1v) is 10.3. The van der Waals surface area contributed by atoms with Crippen LogP contribution in [0.15, 0.2) is 42.5 Å². The zero-order chi connectivity index (χ0) is 22.3. The summed E-state index contributed by atoms with van der Waals surface area (Å²) in [4.78, 5) is 27.0. The maximum atomic E-state index is 14.2. The molecule has 30 heavy (non-hydrogen) atoms. The molecule has 2 aromatic carbocycles. The zero-order valence-electron chi connectivity index (χ0n) is 18.4. The monoisotopic (exact) mass is 414 g/mol. The summed E-state index contributed by atoms with van der Waals surface area (Å²) >= 11 is 0. The van der Waals surface area contributed by atoms with Gasteiger partial charge in [0.25, 0.3) is 5.91 Å². The molecule has 0 aliphatic carbocycles. The Labute approximate surface area is 178 Å². The Bertz CT molecular complexity index is 885. The highest BCUT2D eigenvalue weighted by Crippen LogP contribution is 2.18. The Morgan fingerprint density at radius 1 is 1.10 bits per heavy atom. The number of rotatable bonds is 9. The van der Waals surface area contributed by atoms with E-state index in [9.17, 15) is 14.0 Å². The minimum Gasteiger partial charge on any atom is -0.484 e. The highest BCUT2D eigenvalue weighted by atomic mass is 19.1. The van der Waals surface area contributed by atoms with Crippen LogP contribution in [0.1, 0.15) is 43.9 Å². The summed E-state index contributed by atoms with van der Waals surface area (Å²) in [6.45, 7) is 9.22. The number of hydrogen-bond donors (Lipinski definition) is 1. The van der Waals surface area contributed by atoms with Gasteiger partial charge in [-0.15, -0.1) is 0 Å². The van der Waals surface area contributed by atoms with E-state index in [2.05, 4.69) is 5.32 Å². The maximum absolute atomic E-state index is 14.2. The average molecular weight is 415 g/mol. The van der Waals surface area contributed by atoms with E-state index in [0.29, 0.717) is 11.3 Å². The molecule has 0 saturated heterocycles. The lowest BCUT2D eigenvalue weighted by Crippen LogP contribution is -2.50. The lowest BCUT2D eigenvalue weighted by atomic mass is 10.1. The lowest BCUT2D eigenvalue weighted by molar-refractivity contribution is -0.142. The van der Waals surface area contributed by atoms with Crippen LogP contribution < -0.4 is 10.1 Å². The van der Waals surface area contributed by atoms with Crippen LogP contribution in [0.3, 0.4) is 0 Å². The first-order valence-electron chi connectivity index (χ1n) is 10.3. The molecule has 0 radical (unpaired) electrons. The van der Waals surface area contributed by atoms with E-state index in [4.69, 9.17) is 4.74 Å². The molecule has 0 unspecified atom stereocenters. The smallest absolute Gasteiger partial charge is 0.261 e. The van der Waals surface area contributed by atoms with Gasteiger partial charge in [-0.2, -0.15) is 0 Å². The van der Waals surface area contributed by atoms with E-state index in [0.717, 1.165) is 17.5 Å². The van der Waals surface area contributed by atoms with Crippen LogP contribution in [0.5, 0.6) is 5.75 Å². The van der Waals surface area contributed by atoms with Gasteiger partial charge in [0.15, 0.2) is 6.61 Å². The van der Waals surface area contributed by atoms with Crippen LogP contribution in [0.4, 0.5) is 4.39 Å². The fourth-order valence-electron chi connectivity index (χ4n) is 2.89. The molecule has 162 valence electrons. The molecule has 0 saturated carbocycles. The number of nitrogens with one attached hydrogen (secondary N) is 1. The Morgan fingerprint density at radius 3 is 2.43 bits per heavy atom. The third-order valence-corrected chi connectivity index (χ3v) is 5.31. The van der Waals surface area contributed by atoms with Gasteiger partial charge in [0.1, 0.15) is 17.6 Å². The van der Waals surface area contributed by atoms with Crippen LogP contribution in [0.25, 0.3) is 0 Å². The van der Waals surface area contributed by atoms with Crippen molar-refractivity contribution in [2.45, 2.75) is 59.7 Å². The van der Waals surface area contributed by atoms with Gasteiger partial charge in [0, 0.05) is 18.2 Å². The second-order valence-corrected chi connectivity index (χ2v) is 7.64. The summed E-state index contributed by atoms with van der Waals surface area (Å²) in [7, 11) is 0. The Balaban J connectivity index is 2.18. The standard InChI is InChI=1S/C24H31FN2O3/c1-6-18(4)26-24(29)19(5)27(14-20-9-7-8-10-22(20)25)23(28)15-30-21-12-11-16(2)17(3)13-21/h7-13,18-19H,6,14-15H2,1-5H3,(H,26,29)/t18-,19-/m1/s1. The van der Waals surface area contributed by atoms with Crippen molar-refractivity contribution < 1.29 is 18.7 Å². The summed E-state index contributed by atoms with van der Waals surface area (Å²) in [6, 6.07) is 11.1. The van der Waals surface area contributed by atoms with Crippen LogP contribution in [-0.2, 0) is 16.1 Å². The molecule has 0 aromatic heterocycles. The average Bonchev–Trinajstić information content (AvgIpc) is 2.73. The zero-order valence-corrected chi connectivity index (χ0v) is 18.4. The molecule has 2 aromatic rings. The number of benzene rings is 2. The summed E-state index contributed by atoms with van der Waals surface area (Å²) in [6.07, 6.45) is 0.773. The molecule has 5 nitrogen and oxygen atoms in total. The largest absolute Gasteiger partial charge is 0.484 e. The molecule has 0 heterocycles. The van der Waals surface area contributed by atoms with Gasteiger partial charge in [0.2, 0.25) is 5.91 Å². The Kier molecular flexibility index (Phi) is 8.39. The SMILES string of the molecule is CC[C@@H](C)NC(=O)[C@@H](C)N(Cc1ccccc1F)C(=O)COc1ccc(C)c(C)c1. The predicted octanol–water partition coefficient (Wildman–Crippen LogP) is 4.15. The minimum absolute atomic E-state index is 0.0165. The van der Waals surface area contributed by atoms with Crippen molar-refractivity contribution in [3.05, 3.63) is 65.0 Å². The van der Waals surface area contributed by atoms with Crippen LogP contribution in [0, 0.1) is 19.7 Å². The van der Waals surface area contributed by atoms with Crippen molar-refractivity contribution in [1.82, 2.24) is 10.2 Å². The first-order chi connectivity index (χ1) is 14.2. The second kappa shape index (κ2) is 10.8. The molecule has 2 rings (SSSR count). The van der Waals surface area contributed by atoms with Crippen molar-refractivity contribution in [2.75, 3.05) is 6.61 Å². The molecule has 2 atom stereocenters. The topological polar surface area (TPSA) is 58.6 Å². The number of carbonyl (C=O) groups is 2. The summed E-state index contributed by atoms with van der Waals surface area (Å²) in [5.41, 5.74) is 2.54. The highest BCUT2D eigenvalue weighted by molar-refractivity contribution is 5.88. The van der Waals surface area contributed by atoms with Crippen molar-refractivity contribution in [3.63, 3.8) is 0 Å². The number of ether oxygens (including phenoxy) is 1. The van der Waals surface area contributed by atoms with E-state index >= 15 is 0 Å². The quantitative estimate of drug-likeness (QED) is 0.671. The molecule has 6 heteroatoms. The van der Waals surface area contributed by atoms with Gasteiger partial charge >= 0.3 is 0 Å². The van der Waals surface area contributed by atoms with Gasteiger partial charge in [-0.05, 0) is 63.4 Å². The van der Waals surface area contributed by atoms with E-state index in [1.54, 1.807) is 31.2 Å². The third-order valence-electron chi connectivity index (χ3n) is 5.31. The number of amides is 2. The Hall–Kier alpha value is -2.89. The van der Waals surface area contributed by atoms with E-state index in [1.165, 1.54) is 11.0 Å². The van der Waals surface area contributed by atoms with Gasteiger partial charge in [-0.25, -0.2) is 4.39 Å². The molecule has 1 N–H and O–H groups in total. The highest BCUT2D eigenvalue weighted by Gasteiger charge is 2.27. The van der Waals surface area contributed by atoms with Crippen molar-refractivity contribution in [3.8, 4) is 5.75 Å². The number of aryl methyl sites for hydroxylation is 2. The molecule has 0 aliphatic rings. The van der Waals surface area contributed by atoms with Gasteiger partial charge in [-0.1, -0.05) is 31.2 Å². The minimum atomic E-state index is -0.769. The van der Waals surface area contributed by atoms with Gasteiger partial charge in [0.05, 0.1) is 0 Å². The molecule has 0 spiro atoms. The summed E-state index contributed by atoms with van der Waals surface area (Å²) in [5, 5.41) is 2.89. The fourth-order valence-corrected chi connectivity index (χ4v) is 2.89. The molecule has 0 aliphatic heterocycles. The van der Waals surface area contributed by atoms with Crippen molar-refractivity contribution in [1.29, 1.82) is 0 Å². The second-order valence-electron chi connectivity index (χ2n) is 7.64. The Morgan fingerprint density at radius 2 is 1.80 bits per heavy atom. The third kappa shape index (κ3) is 6.31. The first kappa shape index (κ1) is 23.4. The lowest BCUT2D eigenvalue weighted by Gasteiger charge is -2.29. The van der Waals surface area contributed by atoms with E-state index in [-0.39, 0.29) is 31.0 Å². The normalized spacial score (nSPS) is 12.7. The van der Waals surface area contributed by atoms with E-state index < -0.39 is 11.9 Å². The van der Waals surface area contributed by atoms with Crippen LogP contribution in [0.2, 0.25) is 0 Å². The van der Waals surface area contributed by atoms with Gasteiger partial charge in [-0.3, -0.25) is 9.59 Å². The maximum Gasteiger partial charge on any atom is 0.261 e. The predicted molar refractivity (Wildman–Crippen MR) is 116 cm³/mol. The fraction of sp³-hybridized carbons (Fsp3) is 0.417. The van der Waals surface area contributed by atoms with Crippen molar-refractivity contribution >= 4 is 11.8 Å². The number of halogens is 1. The number of nitrogens with zero attached hydrogens (tertiary/aromatic N) is 1. The molecule has 0 fully saturated rings. The van der Waals surface area contributed by atoms with Gasteiger partial charge < -0.3 is 15.0 Å². The molecule has 2 amide bonds. The molecular weight excluding hydrogens is 383 g/mol. The van der Waals surface area contributed by atoms with Crippen molar-refractivity contribution in [2.24, 2.45) is 0 Å².